The molecule has 1 atom stereocenters. The fourth-order valence-corrected chi connectivity index (χ4v) is 5.64. The summed E-state index contributed by atoms with van der Waals surface area (Å²) in [6, 6.07) is 18.4. The number of anilines is 2. The Labute approximate surface area is 227 Å². The lowest BCUT2D eigenvalue weighted by molar-refractivity contribution is -0.120. The highest BCUT2D eigenvalue weighted by atomic mass is 32.2. The average Bonchev–Trinajstić information content (AvgIpc) is 3.60. The number of thiazole rings is 1. The largest absolute Gasteiger partial charge is 0.453 e. The fourth-order valence-electron chi connectivity index (χ4n) is 3.61. The van der Waals surface area contributed by atoms with Crippen molar-refractivity contribution in [2.45, 2.75) is 19.0 Å². The first-order valence-corrected chi connectivity index (χ1v) is 14.4. The van der Waals surface area contributed by atoms with Crippen LogP contribution in [0.5, 0.6) is 0 Å². The normalized spacial score (nSPS) is 11.9. The van der Waals surface area contributed by atoms with E-state index in [-0.39, 0.29) is 18.7 Å². The van der Waals surface area contributed by atoms with Crippen LogP contribution in [-0.2, 0) is 32.8 Å². The number of hydrogen-bond donors (Lipinski definition) is 3. The number of carbonyl (C=O) groups excluding carboxylic acids is 2. The molecule has 0 aliphatic rings. The lowest BCUT2D eigenvalue weighted by Crippen LogP contribution is -2.49. The molecule has 0 saturated heterocycles. The van der Waals surface area contributed by atoms with Crippen LogP contribution in [0.1, 0.15) is 11.1 Å². The highest BCUT2D eigenvalue weighted by molar-refractivity contribution is 7.87. The van der Waals surface area contributed by atoms with Gasteiger partial charge in [-0.25, -0.2) is 9.78 Å². The predicted octanol–water partition coefficient (Wildman–Crippen LogP) is 4.59. The monoisotopic (exact) mass is 572 g/mol. The molecule has 2 aromatic carbocycles. The Morgan fingerprint density at radius 2 is 1.76 bits per heavy atom. The summed E-state index contributed by atoms with van der Waals surface area (Å²) in [5, 5.41) is 6.88. The number of methoxy groups -OCH3 is 1. The number of amides is 2. The summed E-state index contributed by atoms with van der Waals surface area (Å²) in [6.45, 7) is 0.0938. The van der Waals surface area contributed by atoms with Crippen molar-refractivity contribution in [3.63, 3.8) is 0 Å². The number of nitrogens with zero attached hydrogens (tertiary/aromatic N) is 2. The van der Waals surface area contributed by atoms with Gasteiger partial charge in [-0.1, -0.05) is 48.5 Å². The molecule has 38 heavy (non-hydrogen) atoms. The molecule has 0 radical (unpaired) electrons. The molecule has 0 bridgehead atoms. The van der Waals surface area contributed by atoms with Crippen LogP contribution in [0.4, 0.5) is 15.6 Å². The number of aromatic nitrogens is 1. The first kappa shape index (κ1) is 27.3. The van der Waals surface area contributed by atoms with E-state index in [2.05, 4.69) is 5.32 Å². The van der Waals surface area contributed by atoms with Crippen molar-refractivity contribution >= 4 is 55.8 Å². The highest BCUT2D eigenvalue weighted by Crippen LogP contribution is 2.31. The van der Waals surface area contributed by atoms with Crippen molar-refractivity contribution in [2.24, 2.45) is 0 Å². The van der Waals surface area contributed by atoms with Crippen LogP contribution < -0.4 is 14.9 Å². The summed E-state index contributed by atoms with van der Waals surface area (Å²) in [4.78, 5) is 33.2. The zero-order valence-corrected chi connectivity index (χ0v) is 22.6. The van der Waals surface area contributed by atoms with E-state index in [9.17, 15) is 18.0 Å². The summed E-state index contributed by atoms with van der Waals surface area (Å²) in [5.74, 6) is -0.397. The van der Waals surface area contributed by atoms with Gasteiger partial charge in [0.2, 0.25) is 0 Å². The Balaban J connectivity index is 1.66. The third kappa shape index (κ3) is 7.38. The first-order chi connectivity index (χ1) is 18.2. The average molecular weight is 573 g/mol. The first-order valence-electron chi connectivity index (χ1n) is 11.2. The molecule has 0 aliphatic carbocycles. The number of alkyl carbamates (subject to hydrolysis) is 1. The van der Waals surface area contributed by atoms with Crippen LogP contribution in [0.15, 0.2) is 77.5 Å². The van der Waals surface area contributed by atoms with Crippen LogP contribution in [0.25, 0.3) is 10.6 Å². The van der Waals surface area contributed by atoms with Gasteiger partial charge in [0.1, 0.15) is 6.04 Å². The summed E-state index contributed by atoms with van der Waals surface area (Å²) in [5.41, 5.74) is 2.41. The van der Waals surface area contributed by atoms with Gasteiger partial charge in [0, 0.05) is 11.8 Å². The maximum absolute atomic E-state index is 14.0. The van der Waals surface area contributed by atoms with Gasteiger partial charge in [0.05, 0.1) is 29.9 Å². The molecule has 2 heterocycles. The smallest absolute Gasteiger partial charge is 0.407 e. The molecular formula is C25H24N4O6S3. The van der Waals surface area contributed by atoms with E-state index < -0.39 is 28.3 Å². The molecule has 3 N–H and O–H groups in total. The zero-order chi connectivity index (χ0) is 27.1. The number of thiophene rings is 1. The summed E-state index contributed by atoms with van der Waals surface area (Å²) in [7, 11) is -3.19. The van der Waals surface area contributed by atoms with Crippen molar-refractivity contribution < 1.29 is 27.3 Å². The molecule has 10 nitrogen and oxygen atoms in total. The Morgan fingerprint density at radius 3 is 2.39 bits per heavy atom. The maximum atomic E-state index is 14.0. The van der Waals surface area contributed by atoms with E-state index in [0.717, 1.165) is 16.1 Å². The van der Waals surface area contributed by atoms with E-state index >= 15 is 0 Å². The Kier molecular flexibility index (Phi) is 8.73. The van der Waals surface area contributed by atoms with E-state index in [4.69, 9.17) is 14.3 Å². The van der Waals surface area contributed by atoms with E-state index in [1.807, 2.05) is 57.9 Å². The molecule has 0 unspecified atom stereocenters. The van der Waals surface area contributed by atoms with Gasteiger partial charge in [0.25, 0.3) is 5.91 Å². The third-order valence-corrected chi connectivity index (χ3v) is 7.61. The van der Waals surface area contributed by atoms with Gasteiger partial charge in [-0.2, -0.15) is 8.42 Å². The molecule has 0 aliphatic heterocycles. The van der Waals surface area contributed by atoms with Crippen molar-refractivity contribution in [3.05, 3.63) is 88.6 Å². The minimum atomic E-state index is -4.42. The minimum Gasteiger partial charge on any atom is -0.453 e. The van der Waals surface area contributed by atoms with Crippen molar-refractivity contribution in [2.75, 3.05) is 16.7 Å². The molecule has 2 aromatic heterocycles. The molecule has 0 saturated carbocycles. The number of rotatable bonds is 10. The van der Waals surface area contributed by atoms with E-state index in [1.54, 1.807) is 12.1 Å². The predicted molar refractivity (Wildman–Crippen MR) is 148 cm³/mol. The molecule has 2 amide bonds. The van der Waals surface area contributed by atoms with Gasteiger partial charge in [-0.05, 0) is 34.7 Å². The Morgan fingerprint density at radius 1 is 1.03 bits per heavy atom. The summed E-state index contributed by atoms with van der Waals surface area (Å²) in [6.07, 6.45) is -0.510. The quantitative estimate of drug-likeness (QED) is 0.236. The second-order valence-electron chi connectivity index (χ2n) is 8.07. The second kappa shape index (κ2) is 12.2. The standard InChI is InChI=1S/C25H24N4O6S3/c1-35-25(31)27-20(14-17-6-3-2-4-7-17)23(30)29(24-26-21(16-37-24)22-8-5-13-36-22)15-18-9-11-19(12-10-18)28-38(32,33)34/h2-13,16,20,28H,14-15H2,1H3,(H,27,31)(H,32,33,34)/t20-/m0/s1. The molecular weight excluding hydrogens is 548 g/mol. The molecule has 13 heteroatoms. The van der Waals surface area contributed by atoms with Crippen LogP contribution in [0.2, 0.25) is 0 Å². The van der Waals surface area contributed by atoms with Gasteiger partial charge < -0.3 is 10.1 Å². The molecule has 4 aromatic rings. The minimum absolute atomic E-state index is 0.0938. The van der Waals surface area contributed by atoms with Crippen LogP contribution in [-0.4, -0.2) is 43.1 Å². The molecule has 0 spiro atoms. The number of hydrogen-bond acceptors (Lipinski definition) is 8. The van der Waals surface area contributed by atoms with E-state index in [0.29, 0.717) is 10.7 Å². The van der Waals surface area contributed by atoms with Crippen LogP contribution in [0.3, 0.4) is 0 Å². The molecule has 0 fully saturated rings. The third-order valence-electron chi connectivity index (χ3n) is 5.36. The van der Waals surface area contributed by atoms with Gasteiger partial charge in [-0.15, -0.1) is 22.7 Å². The van der Waals surface area contributed by atoms with Crippen molar-refractivity contribution in [1.29, 1.82) is 0 Å². The Hall–Kier alpha value is -3.78. The summed E-state index contributed by atoms with van der Waals surface area (Å²) < 4.78 is 38.0. The highest BCUT2D eigenvalue weighted by Gasteiger charge is 2.30. The number of carbonyl (C=O) groups is 2. The second-order valence-corrected chi connectivity index (χ2v) is 11.0. The van der Waals surface area contributed by atoms with Crippen LogP contribution in [0, 0.1) is 0 Å². The number of nitrogens with one attached hydrogen (secondary N) is 2. The lowest BCUT2D eigenvalue weighted by Gasteiger charge is -2.26. The van der Waals surface area contributed by atoms with Gasteiger partial charge >= 0.3 is 16.4 Å². The summed E-state index contributed by atoms with van der Waals surface area (Å²) >= 11 is 2.82. The fraction of sp³-hybridized carbons (Fsp3) is 0.160. The van der Waals surface area contributed by atoms with E-state index in [1.165, 1.54) is 46.8 Å². The van der Waals surface area contributed by atoms with Crippen LogP contribution >= 0.6 is 22.7 Å². The Bertz CT molecular complexity index is 1470. The number of benzene rings is 2. The SMILES string of the molecule is COC(=O)N[C@@H](Cc1ccccc1)C(=O)N(Cc1ccc(NS(=O)(=O)O)cc1)c1nc(-c2cccs2)cs1. The zero-order valence-electron chi connectivity index (χ0n) is 20.1. The lowest BCUT2D eigenvalue weighted by atomic mass is 10.0. The van der Waals surface area contributed by atoms with Crippen molar-refractivity contribution in [1.82, 2.24) is 10.3 Å². The maximum Gasteiger partial charge on any atom is 0.407 e. The topological polar surface area (TPSA) is 138 Å². The van der Waals surface area contributed by atoms with Gasteiger partial charge in [-0.3, -0.25) is 19.0 Å². The molecule has 198 valence electrons. The van der Waals surface area contributed by atoms with Gasteiger partial charge in [0.15, 0.2) is 5.13 Å². The van der Waals surface area contributed by atoms with Crippen molar-refractivity contribution in [3.8, 4) is 10.6 Å². The molecule has 4 rings (SSSR count). The number of ether oxygens (including phenoxy) is 1.